The highest BCUT2D eigenvalue weighted by Crippen LogP contribution is 2.47. The Balaban J connectivity index is 1.24. The molecular weight excluding hydrogens is 492 g/mol. The van der Waals surface area contributed by atoms with E-state index in [0.29, 0.717) is 30.0 Å². The first-order valence-corrected chi connectivity index (χ1v) is 12.2. The lowest BCUT2D eigenvalue weighted by molar-refractivity contribution is -0.131. The molecule has 194 valence electrons. The van der Waals surface area contributed by atoms with Gasteiger partial charge in [0.05, 0.1) is 11.9 Å². The molecule has 0 unspecified atom stereocenters. The van der Waals surface area contributed by atoms with E-state index in [4.69, 9.17) is 4.74 Å². The highest BCUT2D eigenvalue weighted by Gasteiger charge is 2.56. The van der Waals surface area contributed by atoms with Crippen molar-refractivity contribution >= 4 is 23.2 Å². The predicted octanol–water partition coefficient (Wildman–Crippen LogP) is 5.78. The third kappa shape index (κ3) is 5.39. The van der Waals surface area contributed by atoms with Crippen LogP contribution in [-0.4, -0.2) is 26.6 Å². The molecule has 1 fully saturated rings. The lowest BCUT2D eigenvalue weighted by atomic mass is 10.0. The average molecular weight is 518 g/mol. The van der Waals surface area contributed by atoms with E-state index in [9.17, 15) is 18.4 Å². The largest absolute Gasteiger partial charge is 0.454 e. The molecule has 2 aromatic heterocycles. The van der Waals surface area contributed by atoms with Crippen molar-refractivity contribution in [2.45, 2.75) is 32.7 Å². The van der Waals surface area contributed by atoms with Gasteiger partial charge in [-0.2, -0.15) is 5.10 Å². The topological polar surface area (TPSA) is 98.1 Å². The zero-order valence-corrected chi connectivity index (χ0v) is 20.6. The van der Waals surface area contributed by atoms with Crippen LogP contribution in [0.2, 0.25) is 0 Å². The maximum absolute atomic E-state index is 14.9. The summed E-state index contributed by atoms with van der Waals surface area (Å²) in [6, 6.07) is 12.6. The van der Waals surface area contributed by atoms with E-state index in [2.05, 4.69) is 27.6 Å². The minimum absolute atomic E-state index is 0.0305. The minimum Gasteiger partial charge on any atom is -0.454 e. The van der Waals surface area contributed by atoms with Crippen LogP contribution >= 0.6 is 0 Å². The molecule has 0 spiro atoms. The van der Waals surface area contributed by atoms with Crippen molar-refractivity contribution in [3.05, 3.63) is 84.8 Å². The maximum atomic E-state index is 14.9. The monoisotopic (exact) mass is 517 g/mol. The third-order valence-corrected chi connectivity index (χ3v) is 6.25. The van der Waals surface area contributed by atoms with E-state index in [1.165, 1.54) is 36.4 Å². The Hall–Kier alpha value is -4.60. The van der Waals surface area contributed by atoms with Gasteiger partial charge in [0, 0.05) is 48.0 Å². The number of hydrogen-bond acceptors (Lipinski definition) is 5. The second kappa shape index (κ2) is 10.4. The summed E-state index contributed by atoms with van der Waals surface area (Å²) in [6.45, 7) is 2.86. The highest BCUT2D eigenvalue weighted by atomic mass is 19.1. The van der Waals surface area contributed by atoms with Gasteiger partial charge in [0.15, 0.2) is 11.6 Å². The van der Waals surface area contributed by atoms with E-state index in [-0.39, 0.29) is 11.4 Å². The smallest absolute Gasteiger partial charge is 0.240 e. The number of carbonyl (C=O) groups excluding carboxylic acids is 2. The Bertz CT molecular complexity index is 1480. The summed E-state index contributed by atoms with van der Waals surface area (Å²) in [7, 11) is 0. The molecule has 8 nitrogen and oxygen atoms in total. The number of aryl methyl sites for hydroxylation is 1. The number of ether oxygens (including phenoxy) is 1. The third-order valence-electron chi connectivity index (χ3n) is 6.25. The van der Waals surface area contributed by atoms with Gasteiger partial charge in [-0.15, -0.1) is 0 Å². The molecule has 1 aliphatic carbocycles. The fourth-order valence-corrected chi connectivity index (χ4v) is 3.99. The van der Waals surface area contributed by atoms with Crippen LogP contribution in [0.3, 0.4) is 0 Å². The predicted molar refractivity (Wildman–Crippen MR) is 138 cm³/mol. The molecule has 38 heavy (non-hydrogen) atoms. The van der Waals surface area contributed by atoms with Crippen LogP contribution in [0.1, 0.15) is 26.2 Å². The Labute approximate surface area is 217 Å². The van der Waals surface area contributed by atoms with Crippen molar-refractivity contribution in [2.75, 3.05) is 10.6 Å². The van der Waals surface area contributed by atoms with Gasteiger partial charge in [-0.25, -0.2) is 8.78 Å². The standard InChI is InChI=1S/C28H25F2N5O3/c1-2-13-35-17-18(16-32-35)24-15-22(9-12-31-24)38-25-8-7-21(14-23(25)30)34-27(37)28(10-11-28)26(36)33-20-5-3-19(29)4-6-20/h3-9,12,14-17H,2,10-11,13H2,1H3,(H,33,36)(H,34,37). The van der Waals surface area contributed by atoms with Crippen molar-refractivity contribution in [3.8, 4) is 22.8 Å². The second-order valence-electron chi connectivity index (χ2n) is 9.11. The van der Waals surface area contributed by atoms with Crippen LogP contribution in [0.25, 0.3) is 11.3 Å². The molecule has 1 aliphatic rings. The maximum Gasteiger partial charge on any atom is 0.240 e. The van der Waals surface area contributed by atoms with E-state index < -0.39 is 28.9 Å². The van der Waals surface area contributed by atoms with Gasteiger partial charge in [0.2, 0.25) is 11.8 Å². The summed E-state index contributed by atoms with van der Waals surface area (Å²) in [5.41, 5.74) is 0.789. The highest BCUT2D eigenvalue weighted by molar-refractivity contribution is 6.16. The molecule has 4 aromatic rings. The molecule has 0 radical (unpaired) electrons. The van der Waals surface area contributed by atoms with Gasteiger partial charge >= 0.3 is 0 Å². The Kier molecular flexibility index (Phi) is 6.87. The molecule has 1 saturated carbocycles. The summed E-state index contributed by atoms with van der Waals surface area (Å²) in [6.07, 6.45) is 6.85. The number of nitrogens with one attached hydrogen (secondary N) is 2. The lowest BCUT2D eigenvalue weighted by Gasteiger charge is -2.16. The van der Waals surface area contributed by atoms with Crippen molar-refractivity contribution in [1.29, 1.82) is 0 Å². The van der Waals surface area contributed by atoms with Crippen molar-refractivity contribution < 1.29 is 23.1 Å². The summed E-state index contributed by atoms with van der Waals surface area (Å²) < 4.78 is 35.5. The van der Waals surface area contributed by atoms with E-state index in [1.807, 2.05) is 10.9 Å². The number of amides is 2. The lowest BCUT2D eigenvalue weighted by Crippen LogP contribution is -2.35. The molecule has 0 bridgehead atoms. The normalized spacial score (nSPS) is 13.6. The number of benzene rings is 2. The molecule has 2 amide bonds. The number of hydrogen-bond donors (Lipinski definition) is 2. The van der Waals surface area contributed by atoms with Crippen molar-refractivity contribution in [3.63, 3.8) is 0 Å². The molecule has 10 heteroatoms. The van der Waals surface area contributed by atoms with E-state index >= 15 is 0 Å². The molecular formula is C28H25F2N5O3. The zero-order valence-electron chi connectivity index (χ0n) is 20.6. The fourth-order valence-electron chi connectivity index (χ4n) is 3.99. The molecule has 5 rings (SSSR count). The molecule has 2 heterocycles. The quantitative estimate of drug-likeness (QED) is 0.274. The van der Waals surface area contributed by atoms with Crippen LogP contribution in [-0.2, 0) is 16.1 Å². The van der Waals surface area contributed by atoms with Crippen molar-refractivity contribution in [1.82, 2.24) is 14.8 Å². The van der Waals surface area contributed by atoms with Gasteiger partial charge in [-0.1, -0.05) is 6.92 Å². The first-order valence-electron chi connectivity index (χ1n) is 12.2. The van der Waals surface area contributed by atoms with Gasteiger partial charge in [0.25, 0.3) is 0 Å². The first-order chi connectivity index (χ1) is 18.4. The second-order valence-corrected chi connectivity index (χ2v) is 9.11. The number of aromatic nitrogens is 3. The Morgan fingerprint density at radius 3 is 2.39 bits per heavy atom. The number of pyridine rings is 1. The van der Waals surface area contributed by atoms with Gasteiger partial charge < -0.3 is 15.4 Å². The van der Waals surface area contributed by atoms with Gasteiger partial charge in [-0.05, 0) is 61.7 Å². The molecule has 0 aliphatic heterocycles. The Morgan fingerprint density at radius 1 is 1.00 bits per heavy atom. The fraction of sp³-hybridized carbons (Fsp3) is 0.214. The summed E-state index contributed by atoms with van der Waals surface area (Å²) >= 11 is 0. The summed E-state index contributed by atoms with van der Waals surface area (Å²) in [4.78, 5) is 30.0. The zero-order chi connectivity index (χ0) is 26.7. The van der Waals surface area contributed by atoms with Crippen LogP contribution in [0, 0.1) is 17.0 Å². The first kappa shape index (κ1) is 25.1. The Morgan fingerprint density at radius 2 is 1.71 bits per heavy atom. The van der Waals surface area contributed by atoms with Gasteiger partial charge in [-0.3, -0.25) is 19.3 Å². The number of rotatable bonds is 9. The van der Waals surface area contributed by atoms with E-state index in [1.54, 1.807) is 24.5 Å². The molecule has 2 N–H and O–H groups in total. The van der Waals surface area contributed by atoms with Crippen LogP contribution in [0.5, 0.6) is 11.5 Å². The van der Waals surface area contributed by atoms with Crippen LogP contribution in [0.4, 0.5) is 20.2 Å². The average Bonchev–Trinajstić information content (AvgIpc) is 3.60. The molecule has 2 aromatic carbocycles. The number of carbonyl (C=O) groups is 2. The minimum atomic E-state index is -1.25. The SMILES string of the molecule is CCCn1cc(-c2cc(Oc3ccc(NC(=O)C4(C(=O)Nc5ccc(F)cc5)CC4)cc3F)ccn2)cn1. The number of halogens is 2. The van der Waals surface area contributed by atoms with Gasteiger partial charge in [0.1, 0.15) is 17.0 Å². The van der Waals surface area contributed by atoms with Crippen LogP contribution < -0.4 is 15.4 Å². The van der Waals surface area contributed by atoms with Crippen LogP contribution in [0.15, 0.2) is 73.2 Å². The molecule has 0 atom stereocenters. The molecule has 0 saturated heterocycles. The van der Waals surface area contributed by atoms with E-state index in [0.717, 1.165) is 24.6 Å². The summed E-state index contributed by atoms with van der Waals surface area (Å²) in [5.74, 6) is -1.78. The number of nitrogens with zero attached hydrogens (tertiary/aromatic N) is 3. The summed E-state index contributed by atoms with van der Waals surface area (Å²) in [5, 5.41) is 9.56. The van der Waals surface area contributed by atoms with Crippen molar-refractivity contribution in [2.24, 2.45) is 5.41 Å². The number of anilines is 2.